The Morgan fingerprint density at radius 2 is 1.43 bits per heavy atom. The predicted octanol–water partition coefficient (Wildman–Crippen LogP) is 0.504. The lowest BCUT2D eigenvalue weighted by atomic mass is 10.3. The molecule has 0 saturated heterocycles. The molecule has 86 valence electrons. The molecule has 6 heteroatoms. The molecule has 0 aliphatic carbocycles. The lowest BCUT2D eigenvalue weighted by molar-refractivity contribution is -0.0646. The predicted molar refractivity (Wildman–Crippen MR) is 55.6 cm³/mol. The molecule has 0 bridgehead atoms. The Hall–Kier alpha value is 0.0169. The first kappa shape index (κ1) is 14.0. The maximum atomic E-state index is 5.73. The zero-order chi connectivity index (χ0) is 11.4. The van der Waals surface area contributed by atoms with Gasteiger partial charge in [0.1, 0.15) is 11.5 Å². The van der Waals surface area contributed by atoms with Crippen LogP contribution >= 0.6 is 0 Å². The van der Waals surface area contributed by atoms with Crippen LogP contribution in [0.2, 0.25) is 0 Å². The van der Waals surface area contributed by atoms with Crippen molar-refractivity contribution < 1.29 is 18.0 Å². The van der Waals surface area contributed by atoms with Crippen LogP contribution in [0.25, 0.3) is 0 Å². The Balaban J connectivity index is 4.52. The van der Waals surface area contributed by atoms with Gasteiger partial charge in [-0.25, -0.2) is 0 Å². The summed E-state index contributed by atoms with van der Waals surface area (Å²) in [6.07, 6.45) is 0. The van der Waals surface area contributed by atoms with Crippen LogP contribution in [0.15, 0.2) is 0 Å². The van der Waals surface area contributed by atoms with Crippen molar-refractivity contribution in [1.29, 1.82) is 0 Å². The average Bonchev–Trinajstić information content (AvgIpc) is 2.05. The van der Waals surface area contributed by atoms with E-state index < -0.39 is 14.5 Å². The number of hydrogen-bond donors (Lipinski definition) is 1. The van der Waals surface area contributed by atoms with Crippen molar-refractivity contribution in [3.8, 4) is 0 Å². The summed E-state index contributed by atoms with van der Waals surface area (Å²) in [6, 6.07) is 0. The third kappa shape index (κ3) is 3.64. The second-order valence-electron chi connectivity index (χ2n) is 3.58. The molecule has 5 nitrogen and oxygen atoms in total. The summed E-state index contributed by atoms with van der Waals surface area (Å²) >= 11 is 0. The van der Waals surface area contributed by atoms with Crippen molar-refractivity contribution in [2.24, 2.45) is 5.73 Å². The van der Waals surface area contributed by atoms with Crippen LogP contribution in [0.1, 0.15) is 20.8 Å². The zero-order valence-corrected chi connectivity index (χ0v) is 10.8. The van der Waals surface area contributed by atoms with Gasteiger partial charge in [0, 0.05) is 21.3 Å². The van der Waals surface area contributed by atoms with Crippen LogP contribution in [-0.2, 0) is 18.0 Å². The highest BCUT2D eigenvalue weighted by molar-refractivity contribution is 6.61. The topological polar surface area (TPSA) is 62.9 Å². The number of ether oxygens (including phenoxy) is 1. The highest BCUT2D eigenvalue weighted by Gasteiger charge is 2.47. The van der Waals surface area contributed by atoms with Gasteiger partial charge in [-0.1, -0.05) is 0 Å². The molecule has 0 heterocycles. The van der Waals surface area contributed by atoms with Crippen molar-refractivity contribution in [3.05, 3.63) is 0 Å². The minimum absolute atomic E-state index is 0.303. The minimum atomic E-state index is -2.73. The molecule has 0 aliphatic rings. The number of rotatable bonds is 6. The van der Waals surface area contributed by atoms with Gasteiger partial charge in [0.05, 0.1) is 0 Å². The fraction of sp³-hybridized carbons (Fsp3) is 1.00. The Bertz CT molecular complexity index is 159. The van der Waals surface area contributed by atoms with Crippen LogP contribution in [-0.4, -0.2) is 41.6 Å². The summed E-state index contributed by atoms with van der Waals surface area (Å²) in [5.41, 5.74) is 4.70. The second-order valence-corrected chi connectivity index (χ2v) is 6.82. The zero-order valence-electron chi connectivity index (χ0n) is 9.79. The molecule has 2 N–H and O–H groups in total. The van der Waals surface area contributed by atoms with Gasteiger partial charge in [-0.15, -0.1) is 0 Å². The summed E-state index contributed by atoms with van der Waals surface area (Å²) in [5.74, 6) is 0. The molecule has 0 amide bonds. The SMILES string of the molecule is CO[Si](OC)(OC)C(C)OC(C)(C)N. The first-order valence-corrected chi connectivity index (χ1v) is 6.23. The van der Waals surface area contributed by atoms with E-state index in [1.807, 2.05) is 6.92 Å². The second kappa shape index (κ2) is 5.20. The molecule has 0 aromatic carbocycles. The molecule has 14 heavy (non-hydrogen) atoms. The Labute approximate surface area is 86.8 Å². The molecule has 0 saturated carbocycles. The van der Waals surface area contributed by atoms with E-state index in [1.54, 1.807) is 35.2 Å². The molecule has 1 atom stereocenters. The highest BCUT2D eigenvalue weighted by Crippen LogP contribution is 2.18. The van der Waals surface area contributed by atoms with Gasteiger partial charge < -0.3 is 23.7 Å². The molecule has 0 fully saturated rings. The van der Waals surface area contributed by atoms with Gasteiger partial charge in [-0.2, -0.15) is 0 Å². The van der Waals surface area contributed by atoms with Crippen molar-refractivity contribution in [3.63, 3.8) is 0 Å². The third-order valence-corrected chi connectivity index (χ3v) is 4.65. The quantitative estimate of drug-likeness (QED) is 0.525. The Morgan fingerprint density at radius 3 is 1.64 bits per heavy atom. The standard InChI is InChI=1S/C8H21NO4Si/c1-7(13-8(2,3)9)14(10-4,11-5)12-6/h7H,9H2,1-6H3. The van der Waals surface area contributed by atoms with Crippen molar-refractivity contribution >= 4 is 8.80 Å². The van der Waals surface area contributed by atoms with E-state index in [-0.39, 0.29) is 5.73 Å². The lowest BCUT2D eigenvalue weighted by Crippen LogP contribution is -2.57. The lowest BCUT2D eigenvalue weighted by Gasteiger charge is -2.34. The van der Waals surface area contributed by atoms with Gasteiger partial charge in [0.15, 0.2) is 0 Å². The normalized spacial score (nSPS) is 15.6. The summed E-state index contributed by atoms with van der Waals surface area (Å²) < 4.78 is 21.3. The molecule has 0 spiro atoms. The Morgan fingerprint density at radius 1 is 1.07 bits per heavy atom. The average molecular weight is 223 g/mol. The summed E-state index contributed by atoms with van der Waals surface area (Å²) in [5, 5.41) is 0. The number of hydrogen-bond acceptors (Lipinski definition) is 5. The molecular weight excluding hydrogens is 202 g/mol. The Kier molecular flexibility index (Phi) is 5.20. The molecule has 0 aromatic heterocycles. The van der Waals surface area contributed by atoms with Crippen LogP contribution < -0.4 is 5.73 Å². The first-order valence-electron chi connectivity index (χ1n) is 4.43. The van der Waals surface area contributed by atoms with E-state index in [1.165, 1.54) is 0 Å². The van der Waals surface area contributed by atoms with E-state index >= 15 is 0 Å². The van der Waals surface area contributed by atoms with E-state index in [4.69, 9.17) is 23.7 Å². The molecule has 0 aliphatic heterocycles. The van der Waals surface area contributed by atoms with Crippen molar-refractivity contribution in [1.82, 2.24) is 0 Å². The van der Waals surface area contributed by atoms with Gasteiger partial charge >= 0.3 is 8.80 Å². The van der Waals surface area contributed by atoms with Gasteiger partial charge in [0.25, 0.3) is 0 Å². The molecule has 0 rings (SSSR count). The smallest absolute Gasteiger partial charge is 0.375 e. The summed E-state index contributed by atoms with van der Waals surface area (Å²) in [7, 11) is 1.90. The molecular formula is C8H21NO4Si. The van der Waals surface area contributed by atoms with Crippen LogP contribution in [0.5, 0.6) is 0 Å². The van der Waals surface area contributed by atoms with Crippen molar-refractivity contribution in [2.45, 2.75) is 32.2 Å². The van der Waals surface area contributed by atoms with Gasteiger partial charge in [0.2, 0.25) is 0 Å². The fourth-order valence-electron chi connectivity index (χ4n) is 1.28. The monoisotopic (exact) mass is 223 g/mol. The van der Waals surface area contributed by atoms with Crippen LogP contribution in [0.4, 0.5) is 0 Å². The minimum Gasteiger partial charge on any atom is -0.375 e. The third-order valence-electron chi connectivity index (χ3n) is 1.83. The largest absolute Gasteiger partial charge is 0.530 e. The van der Waals surface area contributed by atoms with Gasteiger partial charge in [-0.05, 0) is 20.8 Å². The summed E-state index contributed by atoms with van der Waals surface area (Å²) in [6.45, 7) is 5.37. The van der Waals surface area contributed by atoms with E-state index in [0.717, 1.165) is 0 Å². The van der Waals surface area contributed by atoms with Crippen molar-refractivity contribution in [2.75, 3.05) is 21.3 Å². The summed E-state index contributed by atoms with van der Waals surface area (Å²) in [4.78, 5) is 0. The molecule has 1 unspecified atom stereocenters. The van der Waals surface area contributed by atoms with E-state index in [9.17, 15) is 0 Å². The first-order chi connectivity index (χ1) is 6.31. The molecule has 0 aromatic rings. The van der Waals surface area contributed by atoms with E-state index in [0.29, 0.717) is 0 Å². The number of nitrogens with two attached hydrogens (primary N) is 1. The van der Waals surface area contributed by atoms with Crippen LogP contribution in [0, 0.1) is 0 Å². The maximum Gasteiger partial charge on any atom is 0.530 e. The van der Waals surface area contributed by atoms with Gasteiger partial charge in [-0.3, -0.25) is 0 Å². The maximum absolute atomic E-state index is 5.73. The highest BCUT2D eigenvalue weighted by atomic mass is 28.4. The molecule has 0 radical (unpaired) electrons. The fourth-order valence-corrected chi connectivity index (χ4v) is 3.22. The van der Waals surface area contributed by atoms with Crippen LogP contribution in [0.3, 0.4) is 0 Å². The van der Waals surface area contributed by atoms with E-state index in [2.05, 4.69) is 0 Å².